The number of halogens is 2. The first-order valence-electron chi connectivity index (χ1n) is 8.22. The SMILES string of the molecule is Cl.Cl.Nc1cc(CCCNC(=O)C2CC(O)CN2)nn1-c1ccccc1. The Kier molecular flexibility index (Phi) is 8.87. The molecule has 1 fully saturated rings. The fourth-order valence-electron chi connectivity index (χ4n) is 2.87. The standard InChI is InChI=1S/C17H23N5O2.2ClH/c18-16-9-12(21-22(16)13-6-2-1-3-7-13)5-4-8-19-17(24)15-10-14(23)11-20-15;;/h1-3,6-7,9,14-15,20,23H,4-5,8,10-11,18H2,(H,19,24);2*1H. The number of nitrogen functional groups attached to an aromatic ring is 1. The van der Waals surface area contributed by atoms with Crippen LogP contribution in [-0.4, -0.2) is 46.0 Å². The third-order valence-corrected chi connectivity index (χ3v) is 4.12. The number of amides is 1. The molecule has 1 aromatic carbocycles. The van der Waals surface area contributed by atoms with Gasteiger partial charge in [0.25, 0.3) is 0 Å². The topological polar surface area (TPSA) is 105 Å². The summed E-state index contributed by atoms with van der Waals surface area (Å²) in [7, 11) is 0. The fourth-order valence-corrected chi connectivity index (χ4v) is 2.87. The lowest BCUT2D eigenvalue weighted by atomic mass is 10.2. The van der Waals surface area contributed by atoms with Crippen molar-refractivity contribution in [3.8, 4) is 5.69 Å². The molecule has 144 valence electrons. The number of para-hydroxylation sites is 1. The second-order valence-corrected chi connectivity index (χ2v) is 6.05. The number of nitrogens with one attached hydrogen (secondary N) is 2. The predicted octanol–water partition coefficient (Wildman–Crippen LogP) is 1.07. The molecule has 5 N–H and O–H groups in total. The van der Waals surface area contributed by atoms with Crippen molar-refractivity contribution in [2.45, 2.75) is 31.4 Å². The zero-order valence-corrected chi connectivity index (χ0v) is 15.9. The molecule has 2 heterocycles. The molecule has 1 amide bonds. The van der Waals surface area contributed by atoms with E-state index in [9.17, 15) is 9.90 Å². The van der Waals surface area contributed by atoms with Gasteiger partial charge in [0.15, 0.2) is 0 Å². The lowest BCUT2D eigenvalue weighted by Crippen LogP contribution is -2.40. The Balaban J connectivity index is 0.00000169. The third-order valence-electron chi connectivity index (χ3n) is 4.12. The number of rotatable bonds is 6. The molecule has 0 bridgehead atoms. The first kappa shape index (κ1) is 22.2. The summed E-state index contributed by atoms with van der Waals surface area (Å²) in [5.74, 6) is 0.547. The Hall–Kier alpha value is -1.80. The summed E-state index contributed by atoms with van der Waals surface area (Å²) < 4.78 is 1.72. The van der Waals surface area contributed by atoms with Gasteiger partial charge in [0.2, 0.25) is 5.91 Å². The summed E-state index contributed by atoms with van der Waals surface area (Å²) in [5, 5.41) is 19.8. The molecule has 2 unspecified atom stereocenters. The van der Waals surface area contributed by atoms with Gasteiger partial charge in [-0.15, -0.1) is 24.8 Å². The highest BCUT2D eigenvalue weighted by molar-refractivity contribution is 5.85. The van der Waals surface area contributed by atoms with Crippen LogP contribution in [0, 0.1) is 0 Å². The van der Waals surface area contributed by atoms with Crippen LogP contribution >= 0.6 is 24.8 Å². The van der Waals surface area contributed by atoms with Gasteiger partial charge in [-0.3, -0.25) is 4.79 Å². The van der Waals surface area contributed by atoms with Crippen molar-refractivity contribution in [1.82, 2.24) is 20.4 Å². The molecule has 0 radical (unpaired) electrons. The van der Waals surface area contributed by atoms with Gasteiger partial charge >= 0.3 is 0 Å². The Bertz CT molecular complexity index is 696. The van der Waals surface area contributed by atoms with E-state index in [0.717, 1.165) is 24.2 Å². The molecule has 1 saturated heterocycles. The van der Waals surface area contributed by atoms with E-state index in [2.05, 4.69) is 15.7 Å². The summed E-state index contributed by atoms with van der Waals surface area (Å²) in [6.07, 6.45) is 1.58. The van der Waals surface area contributed by atoms with E-state index in [1.54, 1.807) is 4.68 Å². The maximum atomic E-state index is 11.9. The van der Waals surface area contributed by atoms with E-state index in [-0.39, 0.29) is 36.8 Å². The molecule has 1 aliphatic rings. The highest BCUT2D eigenvalue weighted by Gasteiger charge is 2.27. The highest BCUT2D eigenvalue weighted by Crippen LogP contribution is 2.15. The quantitative estimate of drug-likeness (QED) is 0.541. The van der Waals surface area contributed by atoms with Gasteiger partial charge in [-0.1, -0.05) is 18.2 Å². The molecule has 26 heavy (non-hydrogen) atoms. The zero-order valence-electron chi connectivity index (χ0n) is 14.3. The minimum Gasteiger partial charge on any atom is -0.392 e. The fraction of sp³-hybridized carbons (Fsp3) is 0.412. The number of hydrogen-bond acceptors (Lipinski definition) is 5. The number of β-amino-alcohol motifs (C(OH)–C–C–N with tert-alkyl or cyclic N) is 1. The van der Waals surface area contributed by atoms with Crippen molar-refractivity contribution in [2.24, 2.45) is 0 Å². The van der Waals surface area contributed by atoms with Gasteiger partial charge in [0, 0.05) is 19.2 Å². The summed E-state index contributed by atoms with van der Waals surface area (Å²) in [6, 6.07) is 11.3. The number of benzene rings is 1. The van der Waals surface area contributed by atoms with Crippen molar-refractivity contribution in [3.05, 3.63) is 42.1 Å². The molecule has 3 rings (SSSR count). The first-order chi connectivity index (χ1) is 11.6. The highest BCUT2D eigenvalue weighted by atomic mass is 35.5. The van der Waals surface area contributed by atoms with E-state index >= 15 is 0 Å². The number of aliphatic hydroxyl groups excluding tert-OH is 1. The Labute approximate surface area is 165 Å². The van der Waals surface area contributed by atoms with Crippen molar-refractivity contribution in [3.63, 3.8) is 0 Å². The smallest absolute Gasteiger partial charge is 0.237 e. The van der Waals surface area contributed by atoms with Crippen LogP contribution in [0.25, 0.3) is 5.69 Å². The molecule has 2 atom stereocenters. The molecule has 0 aliphatic carbocycles. The predicted molar refractivity (Wildman–Crippen MR) is 106 cm³/mol. The molecular weight excluding hydrogens is 377 g/mol. The van der Waals surface area contributed by atoms with E-state index in [0.29, 0.717) is 25.3 Å². The summed E-state index contributed by atoms with van der Waals surface area (Å²) in [5.41, 5.74) is 7.85. The number of anilines is 1. The molecule has 1 aliphatic heterocycles. The van der Waals surface area contributed by atoms with Crippen LogP contribution in [0.15, 0.2) is 36.4 Å². The number of carbonyl (C=O) groups is 1. The zero-order chi connectivity index (χ0) is 16.9. The largest absolute Gasteiger partial charge is 0.392 e. The second-order valence-electron chi connectivity index (χ2n) is 6.05. The van der Waals surface area contributed by atoms with Crippen LogP contribution < -0.4 is 16.4 Å². The number of hydrogen-bond donors (Lipinski definition) is 4. The van der Waals surface area contributed by atoms with E-state index in [1.807, 2.05) is 36.4 Å². The number of aromatic nitrogens is 2. The van der Waals surface area contributed by atoms with Gasteiger partial charge in [-0.25, -0.2) is 4.68 Å². The van der Waals surface area contributed by atoms with Crippen molar-refractivity contribution < 1.29 is 9.90 Å². The number of aliphatic hydroxyl groups is 1. The van der Waals surface area contributed by atoms with Gasteiger partial charge in [0.1, 0.15) is 5.82 Å². The van der Waals surface area contributed by atoms with Crippen LogP contribution in [0.3, 0.4) is 0 Å². The lowest BCUT2D eigenvalue weighted by molar-refractivity contribution is -0.122. The van der Waals surface area contributed by atoms with Crippen molar-refractivity contribution >= 4 is 36.5 Å². The van der Waals surface area contributed by atoms with E-state index in [1.165, 1.54) is 0 Å². The Morgan fingerprint density at radius 2 is 2.08 bits per heavy atom. The molecule has 7 nitrogen and oxygen atoms in total. The van der Waals surface area contributed by atoms with Crippen LogP contribution in [0.4, 0.5) is 5.82 Å². The van der Waals surface area contributed by atoms with E-state index < -0.39 is 6.10 Å². The molecule has 9 heteroatoms. The maximum absolute atomic E-state index is 11.9. The summed E-state index contributed by atoms with van der Waals surface area (Å²) >= 11 is 0. The molecule has 0 saturated carbocycles. The van der Waals surface area contributed by atoms with E-state index in [4.69, 9.17) is 5.73 Å². The van der Waals surface area contributed by atoms with Crippen LogP contribution in [0.2, 0.25) is 0 Å². The van der Waals surface area contributed by atoms with Crippen molar-refractivity contribution in [1.29, 1.82) is 0 Å². The number of nitrogens with two attached hydrogens (primary N) is 1. The van der Waals surface area contributed by atoms with Crippen LogP contribution in [0.1, 0.15) is 18.5 Å². The molecule has 0 spiro atoms. The minimum absolute atomic E-state index is 0. The minimum atomic E-state index is -0.425. The summed E-state index contributed by atoms with van der Waals surface area (Å²) in [4.78, 5) is 11.9. The van der Waals surface area contributed by atoms with Gasteiger partial charge in [-0.05, 0) is 31.4 Å². The molecule has 2 aromatic rings. The van der Waals surface area contributed by atoms with Crippen molar-refractivity contribution in [2.75, 3.05) is 18.8 Å². The second kappa shape index (κ2) is 10.4. The number of carbonyl (C=O) groups excluding carboxylic acids is 1. The van der Waals surface area contributed by atoms with Gasteiger partial charge < -0.3 is 21.5 Å². The third kappa shape index (κ3) is 5.60. The van der Waals surface area contributed by atoms with Gasteiger partial charge in [-0.2, -0.15) is 5.10 Å². The number of aryl methyl sites for hydroxylation is 1. The lowest BCUT2D eigenvalue weighted by Gasteiger charge is -2.10. The average Bonchev–Trinajstić information content (AvgIpc) is 3.18. The Morgan fingerprint density at radius 1 is 1.35 bits per heavy atom. The van der Waals surface area contributed by atoms with Crippen LogP contribution in [-0.2, 0) is 11.2 Å². The van der Waals surface area contributed by atoms with Gasteiger partial charge in [0.05, 0.1) is 23.5 Å². The molecular formula is C17H25Cl2N5O2. The monoisotopic (exact) mass is 401 g/mol. The van der Waals surface area contributed by atoms with Crippen LogP contribution in [0.5, 0.6) is 0 Å². The average molecular weight is 402 g/mol. The maximum Gasteiger partial charge on any atom is 0.237 e. The normalized spacial score (nSPS) is 18.7. The number of nitrogens with zero attached hydrogens (tertiary/aromatic N) is 2. The summed E-state index contributed by atoms with van der Waals surface area (Å²) in [6.45, 7) is 1.06. The molecule has 1 aromatic heterocycles. The Morgan fingerprint density at radius 3 is 2.73 bits per heavy atom. The first-order valence-corrected chi connectivity index (χ1v) is 8.22.